The van der Waals surface area contributed by atoms with Crippen molar-refractivity contribution in [2.45, 2.75) is 56.3 Å². The maximum atomic E-state index is 13.3. The van der Waals surface area contributed by atoms with Crippen molar-refractivity contribution in [1.82, 2.24) is 24.9 Å². The third-order valence-corrected chi connectivity index (χ3v) is 8.29. The summed E-state index contributed by atoms with van der Waals surface area (Å²) in [5, 5.41) is 17.3. The second-order valence-corrected chi connectivity index (χ2v) is 11.8. The predicted octanol–water partition coefficient (Wildman–Crippen LogP) is 2.10. The Morgan fingerprint density at radius 3 is 2.61 bits per heavy atom. The molecule has 1 aliphatic rings. The minimum atomic E-state index is -3.88. The number of pyridine rings is 2. The molecule has 0 saturated carbocycles. The molecule has 0 radical (unpaired) electrons. The number of rotatable bonds is 8. The summed E-state index contributed by atoms with van der Waals surface area (Å²) < 4.78 is 27.2. The number of fused-ring (bicyclic) bond motifs is 1. The maximum Gasteiger partial charge on any atom is 0.270 e. The van der Waals surface area contributed by atoms with Crippen molar-refractivity contribution in [2.24, 2.45) is 5.92 Å². The van der Waals surface area contributed by atoms with Gasteiger partial charge in [-0.25, -0.2) is 18.4 Å². The number of aromatic nitrogens is 2. The Labute approximate surface area is 222 Å². The average Bonchev–Trinajstić information content (AvgIpc) is 3.09. The summed E-state index contributed by atoms with van der Waals surface area (Å²) in [6, 6.07) is 14.0. The van der Waals surface area contributed by atoms with Gasteiger partial charge in [-0.05, 0) is 49.4 Å². The highest BCUT2D eigenvalue weighted by Crippen LogP contribution is 2.20. The van der Waals surface area contributed by atoms with Gasteiger partial charge in [0.1, 0.15) is 11.7 Å². The van der Waals surface area contributed by atoms with Crippen molar-refractivity contribution in [3.05, 3.63) is 66.5 Å². The number of aliphatic hydroxyl groups is 1. The zero-order valence-electron chi connectivity index (χ0n) is 21.4. The molecular formula is C27H33N5O5S. The zero-order valence-corrected chi connectivity index (χ0v) is 22.3. The molecule has 3 N–H and O–H groups in total. The fourth-order valence-corrected chi connectivity index (χ4v) is 5.96. The second-order valence-electron chi connectivity index (χ2n) is 9.90. The smallest absolute Gasteiger partial charge is 0.270 e. The van der Waals surface area contributed by atoms with Crippen LogP contribution in [0.15, 0.2) is 65.8 Å². The molecule has 3 atom stereocenters. The molecule has 2 aromatic heterocycles. The summed E-state index contributed by atoms with van der Waals surface area (Å²) in [5.41, 5.74) is 0.881. The predicted molar refractivity (Wildman–Crippen MR) is 143 cm³/mol. The fourth-order valence-electron chi connectivity index (χ4n) is 4.54. The molecule has 1 fully saturated rings. The van der Waals surface area contributed by atoms with Crippen molar-refractivity contribution >= 4 is 32.7 Å². The van der Waals surface area contributed by atoms with E-state index in [9.17, 15) is 23.1 Å². The molecule has 1 saturated heterocycles. The van der Waals surface area contributed by atoms with E-state index >= 15 is 0 Å². The number of hydrogen-bond acceptors (Lipinski definition) is 7. The molecule has 3 aromatic rings. The highest BCUT2D eigenvalue weighted by molar-refractivity contribution is 7.89. The van der Waals surface area contributed by atoms with E-state index in [2.05, 4.69) is 20.6 Å². The number of aliphatic hydroxyl groups excluding tert-OH is 1. The number of sulfonamides is 1. The summed E-state index contributed by atoms with van der Waals surface area (Å²) in [7, 11) is -3.88. The van der Waals surface area contributed by atoms with Gasteiger partial charge in [0.05, 0.1) is 17.7 Å². The van der Waals surface area contributed by atoms with Crippen LogP contribution < -0.4 is 10.6 Å². The lowest BCUT2D eigenvalue weighted by Gasteiger charge is -2.27. The van der Waals surface area contributed by atoms with E-state index in [4.69, 9.17) is 0 Å². The maximum absolute atomic E-state index is 13.3. The zero-order chi connectivity index (χ0) is 27.3. The van der Waals surface area contributed by atoms with E-state index in [-0.39, 0.29) is 29.7 Å². The Morgan fingerprint density at radius 2 is 1.87 bits per heavy atom. The molecule has 0 bridgehead atoms. The molecule has 38 heavy (non-hydrogen) atoms. The Morgan fingerprint density at radius 1 is 1.11 bits per heavy atom. The van der Waals surface area contributed by atoms with Crippen LogP contribution in [0.4, 0.5) is 0 Å². The molecule has 2 unspecified atom stereocenters. The van der Waals surface area contributed by atoms with Crippen molar-refractivity contribution in [3.8, 4) is 0 Å². The van der Waals surface area contributed by atoms with Gasteiger partial charge in [-0.15, -0.1) is 0 Å². The van der Waals surface area contributed by atoms with Gasteiger partial charge in [0.25, 0.3) is 15.9 Å². The summed E-state index contributed by atoms with van der Waals surface area (Å²) in [6.45, 7) is 3.91. The molecule has 1 aliphatic heterocycles. The normalized spacial score (nSPS) is 19.6. The van der Waals surface area contributed by atoms with Crippen LogP contribution >= 0.6 is 0 Å². The Bertz CT molecular complexity index is 1380. The molecule has 4 rings (SSSR count). The fraction of sp³-hybridized carbons (Fsp3) is 0.407. The van der Waals surface area contributed by atoms with Crippen LogP contribution in [0.1, 0.15) is 43.6 Å². The highest BCUT2D eigenvalue weighted by Gasteiger charge is 2.35. The van der Waals surface area contributed by atoms with Gasteiger partial charge in [-0.3, -0.25) is 9.59 Å². The van der Waals surface area contributed by atoms with Crippen LogP contribution in [0.25, 0.3) is 10.9 Å². The number of carbonyl (C=O) groups is 2. The number of nitrogens with one attached hydrogen (secondary N) is 2. The first-order chi connectivity index (χ1) is 18.1. The van der Waals surface area contributed by atoms with Crippen LogP contribution in [-0.4, -0.2) is 70.9 Å². The minimum absolute atomic E-state index is 0.0864. The molecule has 0 spiro atoms. The van der Waals surface area contributed by atoms with Gasteiger partial charge in [0.2, 0.25) is 5.91 Å². The first-order valence-electron chi connectivity index (χ1n) is 12.7. The lowest BCUT2D eigenvalue weighted by atomic mass is 10.0. The van der Waals surface area contributed by atoms with E-state index in [0.717, 1.165) is 5.39 Å². The molecule has 10 nitrogen and oxygen atoms in total. The molecule has 2 amide bonds. The SMILES string of the molecule is CC(C)C[C@H](NC(=O)c1ccc2ccccc2n1)C(=O)NC1CCCN(S(=O)(=O)c2ccccn2)CC1O. The number of hydrogen-bond donors (Lipinski definition) is 3. The van der Waals surface area contributed by atoms with Gasteiger partial charge >= 0.3 is 0 Å². The topological polar surface area (TPSA) is 142 Å². The Hall–Kier alpha value is -3.41. The van der Waals surface area contributed by atoms with Crippen LogP contribution in [-0.2, 0) is 14.8 Å². The van der Waals surface area contributed by atoms with Crippen LogP contribution in [0, 0.1) is 5.92 Å². The third-order valence-electron chi connectivity index (χ3n) is 6.51. The molecule has 1 aromatic carbocycles. The lowest BCUT2D eigenvalue weighted by molar-refractivity contribution is -0.125. The number of carbonyl (C=O) groups excluding carboxylic acids is 2. The standard InChI is InChI=1S/C27H33N5O5S/c1-18(2)16-23(31-26(34)22-13-12-19-8-3-4-9-20(19)29-22)27(35)30-21-10-7-15-32(17-24(21)33)38(36,37)25-11-5-6-14-28-25/h3-6,8-9,11-14,18,21,23-24,33H,7,10,15-17H2,1-2H3,(H,30,35)(H,31,34)/t21?,23-,24?/m0/s1. The lowest BCUT2D eigenvalue weighted by Crippen LogP contribution is -2.54. The van der Waals surface area contributed by atoms with Crippen LogP contribution in [0.2, 0.25) is 0 Å². The monoisotopic (exact) mass is 539 g/mol. The van der Waals surface area contributed by atoms with E-state index < -0.39 is 40.0 Å². The number of para-hydroxylation sites is 1. The van der Waals surface area contributed by atoms with Crippen LogP contribution in [0.5, 0.6) is 0 Å². The van der Waals surface area contributed by atoms with Crippen molar-refractivity contribution < 1.29 is 23.1 Å². The van der Waals surface area contributed by atoms with Crippen molar-refractivity contribution in [1.29, 1.82) is 0 Å². The van der Waals surface area contributed by atoms with Gasteiger partial charge in [0, 0.05) is 24.7 Å². The number of benzene rings is 1. The molecule has 3 heterocycles. The summed E-state index contributed by atoms with van der Waals surface area (Å²) in [4.78, 5) is 34.6. The Kier molecular flexibility index (Phi) is 8.70. The van der Waals surface area contributed by atoms with E-state index in [1.165, 1.54) is 16.6 Å². The van der Waals surface area contributed by atoms with Gasteiger partial charge in [-0.2, -0.15) is 4.31 Å². The third kappa shape index (κ3) is 6.53. The second kappa shape index (κ2) is 12.0. The minimum Gasteiger partial charge on any atom is -0.390 e. The highest BCUT2D eigenvalue weighted by atomic mass is 32.2. The average molecular weight is 540 g/mol. The quantitative estimate of drug-likeness (QED) is 0.398. The van der Waals surface area contributed by atoms with E-state index in [1.807, 2.05) is 38.1 Å². The summed E-state index contributed by atoms with van der Waals surface area (Å²) >= 11 is 0. The summed E-state index contributed by atoms with van der Waals surface area (Å²) in [5.74, 6) is -0.794. The van der Waals surface area contributed by atoms with Gasteiger partial charge in [0.15, 0.2) is 5.03 Å². The molecular weight excluding hydrogens is 506 g/mol. The van der Waals surface area contributed by atoms with Gasteiger partial charge < -0.3 is 15.7 Å². The van der Waals surface area contributed by atoms with Crippen molar-refractivity contribution in [3.63, 3.8) is 0 Å². The number of β-amino-alcohol motifs (C(OH)–C–C–N with tert-alkyl or cyclic N) is 1. The van der Waals surface area contributed by atoms with Crippen LogP contribution in [0.3, 0.4) is 0 Å². The number of nitrogens with zero attached hydrogens (tertiary/aromatic N) is 3. The largest absolute Gasteiger partial charge is 0.390 e. The van der Waals surface area contributed by atoms with Crippen molar-refractivity contribution in [2.75, 3.05) is 13.1 Å². The van der Waals surface area contributed by atoms with E-state index in [1.54, 1.807) is 24.3 Å². The van der Waals surface area contributed by atoms with Gasteiger partial charge in [-0.1, -0.05) is 44.2 Å². The molecule has 0 aliphatic carbocycles. The molecule has 11 heteroatoms. The first kappa shape index (κ1) is 27.6. The van der Waals surface area contributed by atoms with E-state index in [0.29, 0.717) is 24.8 Å². The summed E-state index contributed by atoms with van der Waals surface area (Å²) in [6.07, 6.45) is 1.48. The number of amides is 2. The molecule has 202 valence electrons. The Balaban J connectivity index is 1.44. The first-order valence-corrected chi connectivity index (χ1v) is 14.2.